The van der Waals surface area contributed by atoms with Gasteiger partial charge in [0.25, 0.3) is 0 Å². The molecule has 0 aromatic rings. The molecule has 1 fully saturated rings. The van der Waals surface area contributed by atoms with Crippen molar-refractivity contribution in [2.75, 3.05) is 13.2 Å². The van der Waals surface area contributed by atoms with Gasteiger partial charge in [0.1, 0.15) is 11.4 Å². The molecule has 24 heavy (non-hydrogen) atoms. The van der Waals surface area contributed by atoms with Crippen LogP contribution < -0.4 is 0 Å². The number of aliphatic hydroxyl groups excluding tert-OH is 1. The van der Waals surface area contributed by atoms with Crippen LogP contribution >= 0.6 is 0 Å². The number of hydrogen-bond acceptors (Lipinski definition) is 4. The second-order valence-electron chi connectivity index (χ2n) is 7.23. The summed E-state index contributed by atoms with van der Waals surface area (Å²) in [6.45, 7) is 8.18. The molecule has 4 heteroatoms. The van der Waals surface area contributed by atoms with Crippen molar-refractivity contribution in [2.45, 2.75) is 71.8 Å². The fraction of sp³-hybridized carbons (Fsp3) is 0.700. The van der Waals surface area contributed by atoms with Gasteiger partial charge in [0.2, 0.25) is 0 Å². The smallest absolute Gasteiger partial charge is 0.164 e. The van der Waals surface area contributed by atoms with Gasteiger partial charge in [-0.1, -0.05) is 24.6 Å². The molecule has 0 spiro atoms. The number of rotatable bonds is 8. The molecule has 1 aliphatic rings. The van der Waals surface area contributed by atoms with Crippen molar-refractivity contribution in [3.63, 3.8) is 0 Å². The SMILES string of the molecule is CC(C)=CCC(=O)C(C)CCC[C@]1(C)OCC(=CCO)CCC1=O. The second kappa shape index (κ2) is 9.90. The number of carbonyl (C=O) groups excluding carboxylic acids is 2. The first-order valence-electron chi connectivity index (χ1n) is 8.90. The van der Waals surface area contributed by atoms with Crippen LogP contribution in [0, 0.1) is 5.92 Å². The normalized spacial score (nSPS) is 24.5. The fourth-order valence-electron chi connectivity index (χ4n) is 2.86. The Labute approximate surface area is 146 Å². The van der Waals surface area contributed by atoms with Crippen LogP contribution in [0.25, 0.3) is 0 Å². The lowest BCUT2D eigenvalue weighted by atomic mass is 9.88. The van der Waals surface area contributed by atoms with E-state index in [1.54, 1.807) is 6.08 Å². The van der Waals surface area contributed by atoms with Gasteiger partial charge in [-0.15, -0.1) is 0 Å². The zero-order chi connectivity index (χ0) is 18.2. The van der Waals surface area contributed by atoms with E-state index < -0.39 is 5.60 Å². The monoisotopic (exact) mass is 336 g/mol. The van der Waals surface area contributed by atoms with Crippen molar-refractivity contribution in [2.24, 2.45) is 5.92 Å². The molecule has 0 saturated carbocycles. The second-order valence-corrected chi connectivity index (χ2v) is 7.23. The van der Waals surface area contributed by atoms with Gasteiger partial charge in [-0.3, -0.25) is 9.59 Å². The Balaban J connectivity index is 2.50. The third-order valence-corrected chi connectivity index (χ3v) is 4.77. The summed E-state index contributed by atoms with van der Waals surface area (Å²) >= 11 is 0. The van der Waals surface area contributed by atoms with E-state index in [0.717, 1.165) is 24.0 Å². The first-order valence-corrected chi connectivity index (χ1v) is 8.90. The predicted octanol–water partition coefficient (Wildman–Crippen LogP) is 3.78. The Morgan fingerprint density at radius 1 is 1.38 bits per heavy atom. The number of hydrogen-bond donors (Lipinski definition) is 1. The molecule has 0 amide bonds. The standard InChI is InChI=1S/C20H32O4/c1-15(2)7-9-18(22)16(3)6-5-12-20(4)19(23)10-8-17(11-13-21)14-24-20/h7,11,16,21H,5-6,8-10,12-14H2,1-4H3/t16?,20-/m0/s1. The number of ketones is 2. The van der Waals surface area contributed by atoms with Crippen molar-refractivity contribution in [1.82, 2.24) is 0 Å². The molecule has 1 aliphatic heterocycles. The quantitative estimate of drug-likeness (QED) is 0.685. The summed E-state index contributed by atoms with van der Waals surface area (Å²) in [6, 6.07) is 0. The number of aliphatic hydroxyl groups is 1. The topological polar surface area (TPSA) is 63.6 Å². The summed E-state index contributed by atoms with van der Waals surface area (Å²) in [6.07, 6.45) is 7.51. The van der Waals surface area contributed by atoms with E-state index in [4.69, 9.17) is 9.84 Å². The van der Waals surface area contributed by atoms with Crippen molar-refractivity contribution in [3.05, 3.63) is 23.3 Å². The third kappa shape index (κ3) is 6.70. The Morgan fingerprint density at radius 2 is 2.08 bits per heavy atom. The van der Waals surface area contributed by atoms with Crippen LogP contribution in [0.15, 0.2) is 23.3 Å². The first kappa shape index (κ1) is 20.8. The highest BCUT2D eigenvalue weighted by Gasteiger charge is 2.35. The molecule has 1 heterocycles. The molecule has 1 rings (SSSR count). The van der Waals surface area contributed by atoms with Crippen molar-refractivity contribution in [3.8, 4) is 0 Å². The lowest BCUT2D eigenvalue weighted by Gasteiger charge is -2.27. The number of carbonyl (C=O) groups is 2. The lowest BCUT2D eigenvalue weighted by molar-refractivity contribution is -0.140. The summed E-state index contributed by atoms with van der Waals surface area (Å²) in [5.74, 6) is 0.380. The first-order chi connectivity index (χ1) is 11.3. The number of Topliss-reactive ketones (excluding diaryl/α,β-unsaturated/α-hetero) is 2. The van der Waals surface area contributed by atoms with Gasteiger partial charge in [-0.25, -0.2) is 0 Å². The summed E-state index contributed by atoms with van der Waals surface area (Å²) in [4.78, 5) is 24.5. The highest BCUT2D eigenvalue weighted by molar-refractivity contribution is 5.87. The molecule has 2 atom stereocenters. The molecule has 0 radical (unpaired) electrons. The predicted molar refractivity (Wildman–Crippen MR) is 95.8 cm³/mol. The van der Waals surface area contributed by atoms with E-state index in [0.29, 0.717) is 32.3 Å². The Morgan fingerprint density at radius 3 is 2.71 bits per heavy atom. The van der Waals surface area contributed by atoms with Gasteiger partial charge in [0, 0.05) is 18.8 Å². The minimum atomic E-state index is -0.770. The molecule has 136 valence electrons. The summed E-state index contributed by atoms with van der Waals surface area (Å²) in [7, 11) is 0. The van der Waals surface area contributed by atoms with Gasteiger partial charge in [-0.2, -0.15) is 0 Å². The van der Waals surface area contributed by atoms with E-state index in [1.807, 2.05) is 33.8 Å². The molecule has 0 aromatic carbocycles. The molecule has 0 bridgehead atoms. The molecule has 0 aliphatic carbocycles. The van der Waals surface area contributed by atoms with Crippen LogP contribution in [0.3, 0.4) is 0 Å². The maximum Gasteiger partial charge on any atom is 0.164 e. The molecule has 1 saturated heterocycles. The zero-order valence-corrected chi connectivity index (χ0v) is 15.6. The minimum Gasteiger partial charge on any atom is -0.392 e. The molecule has 1 N–H and O–H groups in total. The van der Waals surface area contributed by atoms with E-state index >= 15 is 0 Å². The van der Waals surface area contributed by atoms with E-state index in [9.17, 15) is 9.59 Å². The van der Waals surface area contributed by atoms with E-state index in [2.05, 4.69) is 0 Å². The van der Waals surface area contributed by atoms with Crippen molar-refractivity contribution >= 4 is 11.6 Å². The molecular weight excluding hydrogens is 304 g/mol. The Hall–Kier alpha value is -1.26. The van der Waals surface area contributed by atoms with Crippen LogP contribution in [0.5, 0.6) is 0 Å². The van der Waals surface area contributed by atoms with Gasteiger partial charge >= 0.3 is 0 Å². The largest absolute Gasteiger partial charge is 0.392 e. The van der Waals surface area contributed by atoms with E-state index in [1.165, 1.54) is 0 Å². The number of ether oxygens (including phenoxy) is 1. The average molecular weight is 336 g/mol. The average Bonchev–Trinajstić information content (AvgIpc) is 2.66. The van der Waals surface area contributed by atoms with Crippen molar-refractivity contribution in [1.29, 1.82) is 0 Å². The lowest BCUT2D eigenvalue weighted by Crippen LogP contribution is -2.37. The minimum absolute atomic E-state index is 0.00919. The zero-order valence-electron chi connectivity index (χ0n) is 15.6. The van der Waals surface area contributed by atoms with Gasteiger partial charge in [0.15, 0.2) is 5.78 Å². The fourth-order valence-corrected chi connectivity index (χ4v) is 2.86. The van der Waals surface area contributed by atoms with Gasteiger partial charge in [-0.05, 0) is 52.0 Å². The summed E-state index contributed by atoms with van der Waals surface area (Å²) < 4.78 is 5.87. The van der Waals surface area contributed by atoms with Crippen LogP contribution in [0.4, 0.5) is 0 Å². The van der Waals surface area contributed by atoms with Crippen molar-refractivity contribution < 1.29 is 19.4 Å². The maximum atomic E-state index is 12.4. The Kier molecular flexibility index (Phi) is 8.57. The third-order valence-electron chi connectivity index (χ3n) is 4.77. The highest BCUT2D eigenvalue weighted by atomic mass is 16.5. The highest BCUT2D eigenvalue weighted by Crippen LogP contribution is 2.29. The molecule has 1 unspecified atom stereocenters. The van der Waals surface area contributed by atoms with Crippen LogP contribution in [0.1, 0.15) is 66.2 Å². The van der Waals surface area contributed by atoms with Crippen LogP contribution in [0.2, 0.25) is 0 Å². The Bertz CT molecular complexity index is 500. The summed E-state index contributed by atoms with van der Waals surface area (Å²) in [5.41, 5.74) is 1.38. The van der Waals surface area contributed by atoms with Crippen LogP contribution in [-0.2, 0) is 14.3 Å². The number of allylic oxidation sites excluding steroid dienone is 2. The molecule has 4 nitrogen and oxygen atoms in total. The van der Waals surface area contributed by atoms with Gasteiger partial charge in [0.05, 0.1) is 13.2 Å². The van der Waals surface area contributed by atoms with Crippen LogP contribution in [-0.4, -0.2) is 35.5 Å². The summed E-state index contributed by atoms with van der Waals surface area (Å²) in [5, 5.41) is 8.99. The van der Waals surface area contributed by atoms with Gasteiger partial charge < -0.3 is 9.84 Å². The van der Waals surface area contributed by atoms with E-state index in [-0.39, 0.29) is 24.1 Å². The maximum absolute atomic E-state index is 12.4. The molecular formula is C20H32O4. The molecule has 0 aromatic heterocycles.